The predicted octanol–water partition coefficient (Wildman–Crippen LogP) is 2.62. The zero-order valence-electron chi connectivity index (χ0n) is 13.1. The summed E-state index contributed by atoms with van der Waals surface area (Å²) < 4.78 is 0. The summed E-state index contributed by atoms with van der Waals surface area (Å²) in [5.74, 6) is 1.06. The van der Waals surface area contributed by atoms with Gasteiger partial charge in [-0.2, -0.15) is 0 Å². The lowest BCUT2D eigenvalue weighted by atomic mass is 9.88. The average molecular weight is 327 g/mol. The molecule has 0 spiro atoms. The Bertz CT molecular complexity index is 658. The van der Waals surface area contributed by atoms with Crippen LogP contribution in [0.4, 0.5) is 0 Å². The highest BCUT2D eigenvalue weighted by molar-refractivity contribution is 7.09. The number of piperidine rings is 1. The van der Waals surface area contributed by atoms with Gasteiger partial charge >= 0.3 is 0 Å². The number of pyridine rings is 1. The van der Waals surface area contributed by atoms with E-state index in [0.29, 0.717) is 11.8 Å². The number of thiophene rings is 1. The van der Waals surface area contributed by atoms with Crippen LogP contribution in [0.25, 0.3) is 0 Å². The molecule has 0 radical (unpaired) electrons. The normalized spacial score (nSPS) is 24.9. The van der Waals surface area contributed by atoms with Crippen LogP contribution in [0.2, 0.25) is 0 Å². The second kappa shape index (κ2) is 6.42. The maximum Gasteiger partial charge on any atom is 0.227 e. The van der Waals surface area contributed by atoms with Crippen molar-refractivity contribution in [2.24, 2.45) is 11.8 Å². The lowest BCUT2D eigenvalue weighted by Crippen LogP contribution is -2.44. The molecular weight excluding hydrogens is 306 g/mol. The van der Waals surface area contributed by atoms with E-state index in [9.17, 15) is 4.79 Å². The first-order chi connectivity index (χ1) is 11.3. The van der Waals surface area contributed by atoms with E-state index >= 15 is 0 Å². The highest BCUT2D eigenvalue weighted by Gasteiger charge is 2.42. The molecule has 2 atom stereocenters. The van der Waals surface area contributed by atoms with Gasteiger partial charge in [0.05, 0.1) is 5.92 Å². The molecule has 1 amide bonds. The number of hydrogen-bond acceptors (Lipinski definition) is 4. The molecule has 0 N–H and O–H groups in total. The van der Waals surface area contributed by atoms with E-state index in [4.69, 9.17) is 0 Å². The monoisotopic (exact) mass is 327 g/mol. The lowest BCUT2D eigenvalue weighted by Gasteiger charge is -2.34. The Hall–Kier alpha value is -1.72. The van der Waals surface area contributed by atoms with Crippen LogP contribution in [-0.2, 0) is 17.9 Å². The number of hydrogen-bond donors (Lipinski definition) is 0. The van der Waals surface area contributed by atoms with Gasteiger partial charge in [0.25, 0.3) is 0 Å². The molecule has 2 aliphatic heterocycles. The van der Waals surface area contributed by atoms with Gasteiger partial charge in [0.1, 0.15) is 0 Å². The van der Waals surface area contributed by atoms with Crippen molar-refractivity contribution in [3.8, 4) is 0 Å². The summed E-state index contributed by atoms with van der Waals surface area (Å²) in [5, 5.41) is 2.13. The summed E-state index contributed by atoms with van der Waals surface area (Å²) in [4.78, 5) is 22.8. The van der Waals surface area contributed by atoms with Crippen LogP contribution in [0.5, 0.6) is 0 Å². The maximum atomic E-state index is 12.8. The summed E-state index contributed by atoms with van der Waals surface area (Å²) in [6.45, 7) is 4.57. The summed E-state index contributed by atoms with van der Waals surface area (Å²) >= 11 is 1.80. The van der Waals surface area contributed by atoms with Gasteiger partial charge in [0.15, 0.2) is 0 Å². The van der Waals surface area contributed by atoms with Gasteiger partial charge in [-0.05, 0) is 41.5 Å². The van der Waals surface area contributed by atoms with Crippen molar-refractivity contribution < 1.29 is 4.79 Å². The smallest absolute Gasteiger partial charge is 0.227 e. The third kappa shape index (κ3) is 3.16. The fourth-order valence-electron chi connectivity index (χ4n) is 3.82. The Balaban J connectivity index is 1.40. The number of likely N-dealkylation sites (tertiary alicyclic amines) is 2. The number of carbonyl (C=O) groups is 1. The molecule has 2 fully saturated rings. The maximum absolute atomic E-state index is 12.8. The molecule has 0 aliphatic carbocycles. The van der Waals surface area contributed by atoms with Crippen molar-refractivity contribution in [2.75, 3.05) is 19.6 Å². The Labute approximate surface area is 140 Å². The molecule has 0 unspecified atom stereocenters. The minimum Gasteiger partial charge on any atom is -0.338 e. The minimum atomic E-state index is 0.186. The molecule has 0 bridgehead atoms. The van der Waals surface area contributed by atoms with Crippen molar-refractivity contribution in [3.63, 3.8) is 0 Å². The first-order valence-electron chi connectivity index (χ1n) is 8.22. The predicted molar refractivity (Wildman–Crippen MR) is 90.8 cm³/mol. The quantitative estimate of drug-likeness (QED) is 0.866. The molecular formula is C18H21N3OS. The van der Waals surface area contributed by atoms with Crippen LogP contribution in [0.1, 0.15) is 16.9 Å². The van der Waals surface area contributed by atoms with Crippen molar-refractivity contribution in [2.45, 2.75) is 19.5 Å². The largest absolute Gasteiger partial charge is 0.338 e. The van der Waals surface area contributed by atoms with Gasteiger partial charge in [-0.25, -0.2) is 0 Å². The summed E-state index contributed by atoms with van der Waals surface area (Å²) in [6, 6.07) is 8.28. The Morgan fingerprint density at radius 2 is 2.04 bits per heavy atom. The number of aromatic nitrogens is 1. The van der Waals surface area contributed by atoms with E-state index in [1.54, 1.807) is 23.7 Å². The molecule has 0 saturated carbocycles. The first kappa shape index (κ1) is 14.8. The zero-order chi connectivity index (χ0) is 15.6. The van der Waals surface area contributed by atoms with E-state index in [1.165, 1.54) is 10.4 Å². The molecule has 2 aromatic heterocycles. The fraction of sp³-hybridized carbons (Fsp3) is 0.444. The van der Waals surface area contributed by atoms with Gasteiger partial charge in [-0.3, -0.25) is 14.7 Å². The zero-order valence-corrected chi connectivity index (χ0v) is 13.9. The van der Waals surface area contributed by atoms with E-state index in [2.05, 4.69) is 27.4 Å². The number of carbonyl (C=O) groups excluding carboxylic acids is 1. The molecule has 4 rings (SSSR count). The first-order valence-corrected chi connectivity index (χ1v) is 9.10. The molecule has 23 heavy (non-hydrogen) atoms. The number of rotatable bonds is 4. The Kier molecular flexibility index (Phi) is 4.14. The highest BCUT2D eigenvalue weighted by Crippen LogP contribution is 2.33. The van der Waals surface area contributed by atoms with Crippen LogP contribution in [-0.4, -0.2) is 40.3 Å². The minimum absolute atomic E-state index is 0.186. The molecule has 2 saturated heterocycles. The molecule has 5 heteroatoms. The van der Waals surface area contributed by atoms with E-state index in [0.717, 1.165) is 39.1 Å². The molecule has 4 heterocycles. The third-order valence-corrected chi connectivity index (χ3v) is 5.86. The van der Waals surface area contributed by atoms with E-state index in [1.807, 2.05) is 17.0 Å². The van der Waals surface area contributed by atoms with E-state index in [-0.39, 0.29) is 5.92 Å². The van der Waals surface area contributed by atoms with Crippen LogP contribution < -0.4 is 0 Å². The van der Waals surface area contributed by atoms with Crippen LogP contribution in [0, 0.1) is 11.8 Å². The molecule has 4 nitrogen and oxygen atoms in total. The summed E-state index contributed by atoms with van der Waals surface area (Å²) in [6.07, 6.45) is 4.72. The van der Waals surface area contributed by atoms with Gasteiger partial charge in [-0.1, -0.05) is 6.07 Å². The number of amides is 1. The topological polar surface area (TPSA) is 36.4 Å². The molecule has 2 aromatic rings. The molecule has 2 aliphatic rings. The van der Waals surface area contributed by atoms with Gasteiger partial charge in [-0.15, -0.1) is 11.3 Å². The van der Waals surface area contributed by atoms with Gasteiger partial charge in [0.2, 0.25) is 5.91 Å². The molecule has 120 valence electrons. The van der Waals surface area contributed by atoms with Crippen molar-refractivity contribution in [3.05, 3.63) is 52.5 Å². The van der Waals surface area contributed by atoms with E-state index < -0.39 is 0 Å². The molecule has 0 aromatic carbocycles. The fourth-order valence-corrected chi connectivity index (χ4v) is 4.56. The Morgan fingerprint density at radius 1 is 1.17 bits per heavy atom. The SMILES string of the molecule is O=C1[C@@H]2CN(Cc3cccs3)C[C@@H]2CCN1Cc1ccncc1. The second-order valence-electron chi connectivity index (χ2n) is 6.54. The van der Waals surface area contributed by atoms with Gasteiger partial charge < -0.3 is 4.90 Å². The van der Waals surface area contributed by atoms with Crippen molar-refractivity contribution in [1.82, 2.24) is 14.8 Å². The standard InChI is InChI=1S/C18H21N3OS/c22-18-17-13-20(12-16-2-1-9-23-16)11-15(17)5-8-21(18)10-14-3-6-19-7-4-14/h1-4,6-7,9,15,17H,5,8,10-13H2/t15-,17+/m0/s1. The second-order valence-corrected chi connectivity index (χ2v) is 7.58. The van der Waals surface area contributed by atoms with Crippen LogP contribution in [0.15, 0.2) is 42.0 Å². The average Bonchev–Trinajstić information content (AvgIpc) is 3.21. The van der Waals surface area contributed by atoms with Crippen molar-refractivity contribution in [1.29, 1.82) is 0 Å². The van der Waals surface area contributed by atoms with Crippen molar-refractivity contribution >= 4 is 17.2 Å². The third-order valence-electron chi connectivity index (χ3n) is 5.00. The highest BCUT2D eigenvalue weighted by atomic mass is 32.1. The Morgan fingerprint density at radius 3 is 2.83 bits per heavy atom. The summed E-state index contributed by atoms with van der Waals surface area (Å²) in [5.41, 5.74) is 1.17. The van der Waals surface area contributed by atoms with Crippen LogP contribution in [0.3, 0.4) is 0 Å². The van der Waals surface area contributed by atoms with Crippen LogP contribution >= 0.6 is 11.3 Å². The van der Waals surface area contributed by atoms with Gasteiger partial charge in [0, 0.05) is 50.0 Å². The summed E-state index contributed by atoms with van der Waals surface area (Å²) in [7, 11) is 0. The number of fused-ring (bicyclic) bond motifs is 1. The lowest BCUT2D eigenvalue weighted by molar-refractivity contribution is -0.140. The number of nitrogens with zero attached hydrogens (tertiary/aromatic N) is 3.